The summed E-state index contributed by atoms with van der Waals surface area (Å²) in [6.07, 6.45) is 2.23. The Labute approximate surface area is 143 Å². The van der Waals surface area contributed by atoms with E-state index < -0.39 is 17.7 Å². The van der Waals surface area contributed by atoms with Gasteiger partial charge in [0.2, 0.25) is 0 Å². The van der Waals surface area contributed by atoms with Crippen molar-refractivity contribution in [3.05, 3.63) is 59.7 Å². The third-order valence-corrected chi connectivity index (χ3v) is 3.85. The second-order valence-electron chi connectivity index (χ2n) is 5.90. The molecule has 25 heavy (non-hydrogen) atoms. The molecule has 1 saturated carbocycles. The number of hydrogen-bond donors (Lipinski definition) is 3. The monoisotopic (exact) mass is 345 g/mol. The van der Waals surface area contributed by atoms with Crippen molar-refractivity contribution in [2.24, 2.45) is 5.92 Å². The molecule has 3 amide bonds. The van der Waals surface area contributed by atoms with E-state index in [1.165, 1.54) is 0 Å². The van der Waals surface area contributed by atoms with Crippen molar-refractivity contribution >= 4 is 23.3 Å². The summed E-state index contributed by atoms with van der Waals surface area (Å²) in [6, 6.07) is 8.64. The summed E-state index contributed by atoms with van der Waals surface area (Å²) in [7, 11) is 0. The van der Waals surface area contributed by atoms with Gasteiger partial charge in [-0.3, -0.25) is 4.79 Å². The lowest BCUT2D eigenvalue weighted by Crippen LogP contribution is -2.28. The first kappa shape index (κ1) is 16.9. The summed E-state index contributed by atoms with van der Waals surface area (Å²) in [5.74, 6) is -1.36. The molecular formula is C18H17F2N3O2. The molecule has 1 aliphatic rings. The van der Waals surface area contributed by atoms with Crippen molar-refractivity contribution in [3.8, 4) is 0 Å². The molecule has 2 aromatic carbocycles. The maximum atomic E-state index is 13.6. The van der Waals surface area contributed by atoms with E-state index in [0.29, 0.717) is 29.8 Å². The van der Waals surface area contributed by atoms with Gasteiger partial charge in [0.1, 0.15) is 11.6 Å². The smallest absolute Gasteiger partial charge is 0.323 e. The van der Waals surface area contributed by atoms with Crippen molar-refractivity contribution < 1.29 is 18.4 Å². The van der Waals surface area contributed by atoms with E-state index in [-0.39, 0.29) is 11.6 Å². The van der Waals surface area contributed by atoms with Crippen LogP contribution in [0.1, 0.15) is 23.2 Å². The van der Waals surface area contributed by atoms with E-state index in [1.54, 1.807) is 24.3 Å². The third-order valence-electron chi connectivity index (χ3n) is 3.85. The van der Waals surface area contributed by atoms with Gasteiger partial charge in [-0.2, -0.15) is 0 Å². The second kappa shape index (κ2) is 7.29. The Kier molecular flexibility index (Phi) is 4.92. The zero-order chi connectivity index (χ0) is 17.8. The molecule has 0 saturated heterocycles. The van der Waals surface area contributed by atoms with E-state index in [2.05, 4.69) is 16.0 Å². The van der Waals surface area contributed by atoms with Gasteiger partial charge in [-0.05, 0) is 43.0 Å². The third kappa shape index (κ3) is 4.53. The van der Waals surface area contributed by atoms with Gasteiger partial charge in [0.15, 0.2) is 0 Å². The SMILES string of the molecule is O=C(Nc1ccc(F)cc1F)Nc1ccccc1C(=O)NCC1CC1. The van der Waals surface area contributed by atoms with E-state index in [0.717, 1.165) is 25.0 Å². The highest BCUT2D eigenvalue weighted by atomic mass is 19.1. The number of rotatable bonds is 5. The molecule has 130 valence electrons. The van der Waals surface area contributed by atoms with Crippen molar-refractivity contribution in [1.82, 2.24) is 5.32 Å². The van der Waals surface area contributed by atoms with Crippen LogP contribution in [0.4, 0.5) is 25.0 Å². The maximum Gasteiger partial charge on any atom is 0.323 e. The number of urea groups is 1. The molecule has 3 rings (SSSR count). The van der Waals surface area contributed by atoms with Crippen LogP contribution >= 0.6 is 0 Å². The fourth-order valence-electron chi connectivity index (χ4n) is 2.31. The number of anilines is 2. The van der Waals surface area contributed by atoms with Gasteiger partial charge in [-0.15, -0.1) is 0 Å². The van der Waals surface area contributed by atoms with Gasteiger partial charge in [-0.25, -0.2) is 13.6 Å². The molecule has 0 bridgehead atoms. The van der Waals surface area contributed by atoms with Crippen LogP contribution in [0, 0.1) is 17.6 Å². The lowest BCUT2D eigenvalue weighted by Gasteiger charge is -2.12. The van der Waals surface area contributed by atoms with Crippen LogP contribution in [-0.4, -0.2) is 18.5 Å². The number of nitrogens with one attached hydrogen (secondary N) is 3. The van der Waals surface area contributed by atoms with E-state index >= 15 is 0 Å². The Bertz CT molecular complexity index is 807. The highest BCUT2D eigenvalue weighted by molar-refractivity contribution is 6.06. The molecule has 0 unspecified atom stereocenters. The Hall–Kier alpha value is -2.96. The average Bonchev–Trinajstić information content (AvgIpc) is 3.40. The largest absolute Gasteiger partial charge is 0.352 e. The molecule has 0 heterocycles. The number of amides is 3. The number of hydrogen-bond acceptors (Lipinski definition) is 2. The van der Waals surface area contributed by atoms with Crippen LogP contribution in [-0.2, 0) is 0 Å². The molecule has 1 fully saturated rings. The fourth-order valence-corrected chi connectivity index (χ4v) is 2.31. The number of halogens is 2. The minimum atomic E-state index is -0.884. The summed E-state index contributed by atoms with van der Waals surface area (Å²) in [6.45, 7) is 0.611. The molecular weight excluding hydrogens is 328 g/mol. The molecule has 0 spiro atoms. The minimum Gasteiger partial charge on any atom is -0.352 e. The number of carbonyl (C=O) groups is 2. The van der Waals surface area contributed by atoms with E-state index in [1.807, 2.05) is 0 Å². The topological polar surface area (TPSA) is 70.2 Å². The molecule has 0 radical (unpaired) electrons. The van der Waals surface area contributed by atoms with Gasteiger partial charge < -0.3 is 16.0 Å². The molecule has 0 atom stereocenters. The van der Waals surface area contributed by atoms with E-state index in [9.17, 15) is 18.4 Å². The average molecular weight is 345 g/mol. The van der Waals surface area contributed by atoms with Crippen LogP contribution in [0.2, 0.25) is 0 Å². The van der Waals surface area contributed by atoms with Gasteiger partial charge in [-0.1, -0.05) is 12.1 Å². The Morgan fingerprint density at radius 2 is 1.72 bits per heavy atom. The Balaban J connectivity index is 1.67. The van der Waals surface area contributed by atoms with Gasteiger partial charge in [0, 0.05) is 12.6 Å². The Morgan fingerprint density at radius 3 is 2.44 bits per heavy atom. The molecule has 0 aliphatic heterocycles. The zero-order valence-corrected chi connectivity index (χ0v) is 13.3. The van der Waals surface area contributed by atoms with Gasteiger partial charge in [0.25, 0.3) is 5.91 Å². The fraction of sp³-hybridized carbons (Fsp3) is 0.222. The quantitative estimate of drug-likeness (QED) is 0.772. The molecule has 3 N–H and O–H groups in total. The van der Waals surface area contributed by atoms with Crippen molar-refractivity contribution in [2.75, 3.05) is 17.2 Å². The highest BCUT2D eigenvalue weighted by Crippen LogP contribution is 2.27. The Morgan fingerprint density at radius 1 is 1.00 bits per heavy atom. The van der Waals surface area contributed by atoms with Gasteiger partial charge in [0.05, 0.1) is 16.9 Å². The van der Waals surface area contributed by atoms with Crippen LogP contribution in [0.3, 0.4) is 0 Å². The van der Waals surface area contributed by atoms with Crippen molar-refractivity contribution in [3.63, 3.8) is 0 Å². The van der Waals surface area contributed by atoms with Gasteiger partial charge >= 0.3 is 6.03 Å². The predicted octanol–water partition coefficient (Wildman–Crippen LogP) is 3.75. The van der Waals surface area contributed by atoms with Crippen LogP contribution in [0.15, 0.2) is 42.5 Å². The van der Waals surface area contributed by atoms with Crippen LogP contribution in [0.5, 0.6) is 0 Å². The summed E-state index contributed by atoms with van der Waals surface area (Å²) in [5.41, 5.74) is 0.461. The minimum absolute atomic E-state index is 0.158. The lowest BCUT2D eigenvalue weighted by molar-refractivity contribution is 0.0952. The first-order valence-corrected chi connectivity index (χ1v) is 7.93. The second-order valence-corrected chi connectivity index (χ2v) is 5.90. The standard InChI is InChI=1S/C18H17F2N3O2/c19-12-7-8-16(14(20)9-12)23-18(25)22-15-4-2-1-3-13(15)17(24)21-10-11-5-6-11/h1-4,7-9,11H,5-6,10H2,(H,21,24)(H2,22,23,25). The number of benzene rings is 2. The summed E-state index contributed by atoms with van der Waals surface area (Å²) in [5, 5.41) is 7.63. The first-order valence-electron chi connectivity index (χ1n) is 7.93. The number of carbonyl (C=O) groups excluding carboxylic acids is 2. The first-order chi connectivity index (χ1) is 12.0. The molecule has 5 nitrogen and oxygen atoms in total. The number of para-hydroxylation sites is 1. The highest BCUT2D eigenvalue weighted by Gasteiger charge is 2.22. The molecule has 1 aliphatic carbocycles. The maximum absolute atomic E-state index is 13.6. The van der Waals surface area contributed by atoms with Crippen molar-refractivity contribution in [2.45, 2.75) is 12.8 Å². The van der Waals surface area contributed by atoms with Crippen LogP contribution in [0.25, 0.3) is 0 Å². The van der Waals surface area contributed by atoms with E-state index in [4.69, 9.17) is 0 Å². The summed E-state index contributed by atoms with van der Waals surface area (Å²) < 4.78 is 26.5. The lowest BCUT2D eigenvalue weighted by atomic mass is 10.1. The predicted molar refractivity (Wildman–Crippen MR) is 90.5 cm³/mol. The van der Waals surface area contributed by atoms with Crippen LogP contribution < -0.4 is 16.0 Å². The normalized spacial score (nSPS) is 13.2. The summed E-state index contributed by atoms with van der Waals surface area (Å²) >= 11 is 0. The van der Waals surface area contributed by atoms with Crippen molar-refractivity contribution in [1.29, 1.82) is 0 Å². The zero-order valence-electron chi connectivity index (χ0n) is 13.3. The molecule has 7 heteroatoms. The molecule has 0 aromatic heterocycles. The molecule has 2 aromatic rings. The summed E-state index contributed by atoms with van der Waals surface area (Å²) in [4.78, 5) is 24.3.